The topological polar surface area (TPSA) is 82.7 Å². The summed E-state index contributed by atoms with van der Waals surface area (Å²) in [6.07, 6.45) is 1.63. The summed E-state index contributed by atoms with van der Waals surface area (Å²) in [6, 6.07) is 8.83. The number of rotatable bonds is 1. The Labute approximate surface area is 246 Å². The summed E-state index contributed by atoms with van der Waals surface area (Å²) in [4.78, 5) is 12.6. The fourth-order valence-corrected chi connectivity index (χ4v) is 2.41. The van der Waals surface area contributed by atoms with Crippen molar-refractivity contribution in [1.29, 1.82) is 0 Å². The molecule has 0 unspecified atom stereocenters. The zero-order valence-corrected chi connectivity index (χ0v) is 27.2. The van der Waals surface area contributed by atoms with Gasteiger partial charge in [-0.25, -0.2) is 0 Å². The molecular weight excluding hydrogens is 951 g/mol. The molecule has 3 N–H and O–H groups in total. The molecule has 0 aliphatic rings. The van der Waals surface area contributed by atoms with Crippen LogP contribution in [0, 0.1) is 132 Å². The van der Waals surface area contributed by atoms with E-state index in [1.165, 1.54) is 18.2 Å². The molecule has 1 aromatic heterocycles. The van der Waals surface area contributed by atoms with Gasteiger partial charge in [-0.2, -0.15) is 0 Å². The maximum Gasteiger partial charge on any atom is 0.200 e. The van der Waals surface area contributed by atoms with Crippen molar-refractivity contribution in [2.24, 2.45) is 7.05 Å². The van der Waals surface area contributed by atoms with Gasteiger partial charge in [0.05, 0.1) is 10.9 Å². The molecule has 3 radical (unpaired) electrons. The minimum Gasteiger partial charge on any atom is -0.508 e. The molecule has 1 heterocycles. The Hall–Kier alpha value is 1.37. The van der Waals surface area contributed by atoms with Gasteiger partial charge in [0.25, 0.3) is 0 Å². The van der Waals surface area contributed by atoms with Crippen molar-refractivity contribution < 1.29 is 148 Å². The SMILES string of the molecule is Cn1cc(-c2ccc(O)cc2)c(=O)c2c(O)cc(O)cc21.[Ac].[Ac].[Ac]. The number of nitrogens with zero attached hydrogens (tertiary/aromatic N) is 1. The minimum atomic E-state index is -0.328. The molecule has 0 amide bonds. The van der Waals surface area contributed by atoms with Crippen molar-refractivity contribution in [2.45, 2.75) is 0 Å². The van der Waals surface area contributed by atoms with Gasteiger partial charge in [0.2, 0.25) is 5.43 Å². The second kappa shape index (κ2) is 10.6. The summed E-state index contributed by atoms with van der Waals surface area (Å²) >= 11 is 0. The Kier molecular flexibility index (Phi) is 11.3. The van der Waals surface area contributed by atoms with Gasteiger partial charge in [0.1, 0.15) is 17.2 Å². The summed E-state index contributed by atoms with van der Waals surface area (Å²) < 4.78 is 1.67. The van der Waals surface area contributed by atoms with Gasteiger partial charge < -0.3 is 19.9 Å². The van der Waals surface area contributed by atoms with Crippen molar-refractivity contribution in [3.8, 4) is 28.4 Å². The number of fused-ring (bicyclic) bond motifs is 1. The third kappa shape index (κ3) is 5.21. The molecule has 0 bridgehead atoms. The van der Waals surface area contributed by atoms with Gasteiger partial charge in [-0.15, -0.1) is 0 Å². The van der Waals surface area contributed by atoms with Gasteiger partial charge in [0.15, 0.2) is 0 Å². The first-order valence-electron chi connectivity index (χ1n) is 6.32. The van der Waals surface area contributed by atoms with E-state index in [4.69, 9.17) is 0 Å². The van der Waals surface area contributed by atoms with Crippen LogP contribution in [0.15, 0.2) is 47.4 Å². The van der Waals surface area contributed by atoms with E-state index in [0.717, 1.165) is 6.07 Å². The van der Waals surface area contributed by atoms with Crippen molar-refractivity contribution in [2.75, 3.05) is 0 Å². The Bertz CT molecular complexity index is 908. The van der Waals surface area contributed by atoms with E-state index in [1.807, 2.05) is 0 Å². The zero-order chi connectivity index (χ0) is 15.1. The van der Waals surface area contributed by atoms with Crippen LogP contribution in [0.4, 0.5) is 0 Å². The van der Waals surface area contributed by atoms with Crippen molar-refractivity contribution in [3.63, 3.8) is 0 Å². The molecule has 0 aliphatic carbocycles. The molecule has 0 fully saturated rings. The Morgan fingerprint density at radius 3 is 2.04 bits per heavy atom. The first kappa shape index (κ1) is 25.4. The second-order valence-corrected chi connectivity index (χ2v) is 4.89. The van der Waals surface area contributed by atoms with E-state index in [0.29, 0.717) is 16.6 Å². The number of aromatic hydroxyl groups is 3. The van der Waals surface area contributed by atoms with Gasteiger partial charge >= 0.3 is 0 Å². The summed E-state index contributed by atoms with van der Waals surface area (Å²) in [6.45, 7) is 0. The molecule has 0 atom stereocenters. The summed E-state index contributed by atoms with van der Waals surface area (Å²) in [7, 11) is 1.73. The maximum atomic E-state index is 12.6. The van der Waals surface area contributed by atoms with E-state index in [2.05, 4.69) is 0 Å². The molecule has 3 aromatic rings. The molecule has 8 heteroatoms. The van der Waals surface area contributed by atoms with E-state index < -0.39 is 0 Å². The third-order valence-electron chi connectivity index (χ3n) is 3.43. The largest absolute Gasteiger partial charge is 0.508 e. The molecule has 0 aliphatic heterocycles. The molecule has 5 nitrogen and oxygen atoms in total. The van der Waals surface area contributed by atoms with Crippen LogP contribution in [0.2, 0.25) is 0 Å². The van der Waals surface area contributed by atoms with Gasteiger partial charge in [-0.05, 0) is 17.7 Å². The molecule has 0 saturated heterocycles. The number of pyridine rings is 1. The molecule has 2 aromatic carbocycles. The van der Waals surface area contributed by atoms with E-state index in [9.17, 15) is 20.1 Å². The smallest absolute Gasteiger partial charge is 0.200 e. The van der Waals surface area contributed by atoms with Crippen LogP contribution in [-0.4, -0.2) is 19.9 Å². The number of aromatic nitrogens is 1. The molecular formula is C16H13Ac3NO4. The van der Waals surface area contributed by atoms with Crippen LogP contribution < -0.4 is 5.43 Å². The fourth-order valence-electron chi connectivity index (χ4n) is 2.41. The van der Waals surface area contributed by atoms with Crippen LogP contribution in [-0.2, 0) is 7.05 Å². The third-order valence-corrected chi connectivity index (χ3v) is 3.43. The Morgan fingerprint density at radius 2 is 1.46 bits per heavy atom. The van der Waals surface area contributed by atoms with Gasteiger partial charge in [-0.3, -0.25) is 4.79 Å². The molecule has 24 heavy (non-hydrogen) atoms. The standard InChI is InChI=1S/C16H13NO4.3Ac/c1-17-8-12(9-2-4-10(18)5-3-9)16(21)15-13(17)6-11(19)7-14(15)20;;;/h2-8,18-20H,1H3;;;. The predicted molar refractivity (Wildman–Crippen MR) is 79.6 cm³/mol. The fraction of sp³-hybridized carbons (Fsp3) is 0.0625. The zero-order valence-electron chi connectivity index (χ0n) is 13.0. The average Bonchev–Trinajstić information content (AvgIpc) is 2.43. The predicted octanol–water partition coefficient (Wildman–Crippen LogP) is 2.32. The average molecular weight is 964 g/mol. The summed E-state index contributed by atoms with van der Waals surface area (Å²) in [5, 5.41) is 29.0. The second-order valence-electron chi connectivity index (χ2n) is 4.89. The monoisotopic (exact) mass is 964 g/mol. The van der Waals surface area contributed by atoms with E-state index in [-0.39, 0.29) is 160 Å². The molecule has 0 spiro atoms. The van der Waals surface area contributed by atoms with Crippen LogP contribution in [0.5, 0.6) is 17.2 Å². The van der Waals surface area contributed by atoms with Gasteiger partial charge in [0, 0.05) is 163 Å². The number of hydrogen-bond donors (Lipinski definition) is 3. The van der Waals surface area contributed by atoms with Crippen LogP contribution in [0.1, 0.15) is 0 Å². The van der Waals surface area contributed by atoms with Crippen LogP contribution in [0.3, 0.4) is 0 Å². The minimum absolute atomic E-state index is 0. The molecule has 3 rings (SSSR count). The molecule has 115 valence electrons. The summed E-state index contributed by atoms with van der Waals surface area (Å²) in [5.41, 5.74) is 1.17. The number of hydrogen-bond acceptors (Lipinski definition) is 4. The Morgan fingerprint density at radius 1 is 0.875 bits per heavy atom. The van der Waals surface area contributed by atoms with Crippen LogP contribution >= 0.6 is 0 Å². The van der Waals surface area contributed by atoms with Crippen molar-refractivity contribution >= 4 is 10.9 Å². The number of benzene rings is 2. The number of phenolic OH excluding ortho intramolecular Hbond substituents is 3. The maximum absolute atomic E-state index is 12.6. The Balaban J connectivity index is 0.00000176. The quantitative estimate of drug-likeness (QED) is 0.351. The van der Waals surface area contributed by atoms with E-state index >= 15 is 0 Å². The van der Waals surface area contributed by atoms with Crippen molar-refractivity contribution in [1.82, 2.24) is 4.57 Å². The number of aryl methyl sites for hydroxylation is 1. The van der Waals surface area contributed by atoms with E-state index in [1.54, 1.807) is 29.9 Å². The number of phenols is 3. The summed E-state index contributed by atoms with van der Waals surface area (Å²) in [5.74, 6) is -0.247. The van der Waals surface area contributed by atoms with Crippen molar-refractivity contribution in [3.05, 3.63) is 52.8 Å². The molecule has 0 saturated carbocycles. The van der Waals surface area contributed by atoms with Gasteiger partial charge in [-0.1, -0.05) is 12.1 Å². The first-order chi connectivity index (χ1) is 9.97. The normalized spacial score (nSPS) is 9.54. The van der Waals surface area contributed by atoms with Crippen LogP contribution in [0.25, 0.3) is 22.0 Å². The first-order valence-corrected chi connectivity index (χ1v) is 6.32.